The summed E-state index contributed by atoms with van der Waals surface area (Å²) in [5, 5.41) is 4.35. The summed E-state index contributed by atoms with van der Waals surface area (Å²) in [7, 11) is 0. The van der Waals surface area contributed by atoms with Crippen molar-refractivity contribution in [3.05, 3.63) is 89.2 Å². The molecule has 0 spiro atoms. The van der Waals surface area contributed by atoms with E-state index in [9.17, 15) is 31.9 Å². The van der Waals surface area contributed by atoms with Gasteiger partial charge in [-0.25, -0.2) is 4.39 Å². The van der Waals surface area contributed by atoms with E-state index in [1.54, 1.807) is 6.92 Å². The van der Waals surface area contributed by atoms with Crippen LogP contribution < -0.4 is 15.4 Å². The summed E-state index contributed by atoms with van der Waals surface area (Å²) in [4.78, 5) is 36.1. The molecule has 0 saturated heterocycles. The fourth-order valence-corrected chi connectivity index (χ4v) is 3.09. The lowest BCUT2D eigenvalue weighted by molar-refractivity contribution is -0.137. The minimum absolute atomic E-state index is 0.0671. The van der Waals surface area contributed by atoms with Crippen molar-refractivity contribution in [3.63, 3.8) is 0 Å². The van der Waals surface area contributed by atoms with Gasteiger partial charge in [0.2, 0.25) is 0 Å². The molecule has 0 aliphatic carbocycles. The lowest BCUT2D eigenvalue weighted by Crippen LogP contribution is -2.22. The number of rotatable bonds is 8. The summed E-state index contributed by atoms with van der Waals surface area (Å²) in [6.07, 6.45) is -4.53. The molecule has 2 amide bonds. The predicted octanol–water partition coefficient (Wildman–Crippen LogP) is 5.71. The van der Waals surface area contributed by atoms with Crippen LogP contribution in [0.3, 0.4) is 0 Å². The fourth-order valence-electron chi connectivity index (χ4n) is 3.09. The second-order valence-corrected chi connectivity index (χ2v) is 7.33. The molecule has 0 atom stereocenters. The maximum atomic E-state index is 13.8. The van der Waals surface area contributed by atoms with Crippen molar-refractivity contribution in [1.82, 2.24) is 0 Å². The molecule has 6 nitrogen and oxygen atoms in total. The highest BCUT2D eigenvalue weighted by molar-refractivity contribution is 6.04. The maximum absolute atomic E-state index is 13.8. The Labute approximate surface area is 197 Å². The summed E-state index contributed by atoms with van der Waals surface area (Å²) in [5.74, 6) is -2.41. The fraction of sp³-hybridized carbons (Fsp3) is 0.160. The van der Waals surface area contributed by atoms with Crippen LogP contribution in [-0.2, 0) is 11.0 Å². The maximum Gasteiger partial charge on any atom is 0.418 e. The minimum atomic E-state index is -4.86. The summed E-state index contributed by atoms with van der Waals surface area (Å²) < 4.78 is 59.9. The highest BCUT2D eigenvalue weighted by Gasteiger charge is 2.34. The number of hydrogen-bond donors (Lipinski definition) is 2. The van der Waals surface area contributed by atoms with Crippen LogP contribution >= 0.6 is 0 Å². The first kappa shape index (κ1) is 25.4. The van der Waals surface area contributed by atoms with Crippen molar-refractivity contribution >= 4 is 29.0 Å². The van der Waals surface area contributed by atoms with Gasteiger partial charge in [-0.2, -0.15) is 13.2 Å². The van der Waals surface area contributed by atoms with Crippen LogP contribution in [0.15, 0.2) is 66.7 Å². The number of halogens is 4. The van der Waals surface area contributed by atoms with Crippen molar-refractivity contribution in [1.29, 1.82) is 0 Å². The van der Waals surface area contributed by atoms with Crippen LogP contribution in [0.2, 0.25) is 0 Å². The molecule has 3 rings (SSSR count). The molecular formula is C25H20F4N2O4. The van der Waals surface area contributed by atoms with E-state index in [-0.39, 0.29) is 22.8 Å². The number of amides is 2. The number of anilines is 2. The lowest BCUT2D eigenvalue weighted by atomic mass is 10.1. The van der Waals surface area contributed by atoms with Gasteiger partial charge in [-0.15, -0.1) is 0 Å². The van der Waals surface area contributed by atoms with Gasteiger partial charge in [-0.3, -0.25) is 14.4 Å². The third-order valence-corrected chi connectivity index (χ3v) is 4.84. The second-order valence-electron chi connectivity index (χ2n) is 7.33. The first-order valence-electron chi connectivity index (χ1n) is 10.4. The van der Waals surface area contributed by atoms with Crippen molar-refractivity contribution in [2.75, 3.05) is 17.2 Å². The average molecular weight is 488 g/mol. The highest BCUT2D eigenvalue weighted by Crippen LogP contribution is 2.36. The number of ketones is 1. The molecule has 0 radical (unpaired) electrons. The van der Waals surface area contributed by atoms with Crippen LogP contribution in [0.1, 0.15) is 39.6 Å². The van der Waals surface area contributed by atoms with Gasteiger partial charge in [0.1, 0.15) is 11.6 Å². The van der Waals surface area contributed by atoms with Gasteiger partial charge in [0.05, 0.1) is 16.8 Å². The summed E-state index contributed by atoms with van der Waals surface area (Å²) in [6, 6.07) is 13.8. The third-order valence-electron chi connectivity index (χ3n) is 4.84. The molecule has 10 heteroatoms. The largest absolute Gasteiger partial charge is 0.484 e. The van der Waals surface area contributed by atoms with Crippen molar-refractivity contribution < 1.29 is 36.7 Å². The highest BCUT2D eigenvalue weighted by atomic mass is 19.4. The average Bonchev–Trinajstić information content (AvgIpc) is 2.83. The Balaban J connectivity index is 1.69. The van der Waals surface area contributed by atoms with Gasteiger partial charge in [-0.05, 0) is 54.6 Å². The van der Waals surface area contributed by atoms with Gasteiger partial charge in [0.25, 0.3) is 11.8 Å². The molecule has 182 valence electrons. The summed E-state index contributed by atoms with van der Waals surface area (Å²) >= 11 is 0. The van der Waals surface area contributed by atoms with Gasteiger partial charge in [0, 0.05) is 17.7 Å². The van der Waals surface area contributed by atoms with Gasteiger partial charge in [-0.1, -0.05) is 19.1 Å². The van der Waals surface area contributed by atoms with Crippen molar-refractivity contribution in [2.45, 2.75) is 19.5 Å². The van der Waals surface area contributed by atoms with Crippen LogP contribution in [-0.4, -0.2) is 24.2 Å². The SMILES string of the molecule is CCC(=O)c1ccc(OCC(=O)Nc2ccc(NC(=O)c3ccccc3F)cc2C(F)(F)F)cc1. The molecule has 0 aromatic heterocycles. The minimum Gasteiger partial charge on any atom is -0.484 e. The van der Waals surface area contributed by atoms with E-state index >= 15 is 0 Å². The number of Topliss-reactive ketones (excluding diaryl/α,β-unsaturated/α-hetero) is 1. The van der Waals surface area contributed by atoms with Gasteiger partial charge < -0.3 is 15.4 Å². The number of hydrogen-bond acceptors (Lipinski definition) is 4. The van der Waals surface area contributed by atoms with Crippen LogP contribution in [0.25, 0.3) is 0 Å². The quantitative estimate of drug-likeness (QED) is 0.314. The predicted molar refractivity (Wildman–Crippen MR) is 121 cm³/mol. The van der Waals surface area contributed by atoms with Gasteiger partial charge >= 0.3 is 6.18 Å². The van der Waals surface area contributed by atoms with E-state index in [1.165, 1.54) is 42.5 Å². The Bertz CT molecular complexity index is 1240. The topological polar surface area (TPSA) is 84.5 Å². The molecule has 3 aromatic carbocycles. The molecular weight excluding hydrogens is 468 g/mol. The summed E-state index contributed by atoms with van der Waals surface area (Å²) in [6.45, 7) is 1.14. The zero-order chi connectivity index (χ0) is 25.6. The van der Waals surface area contributed by atoms with E-state index < -0.39 is 41.7 Å². The van der Waals surface area contributed by atoms with Gasteiger partial charge in [0.15, 0.2) is 12.4 Å². The number of alkyl halides is 3. The molecule has 0 bridgehead atoms. The lowest BCUT2D eigenvalue weighted by Gasteiger charge is -2.16. The number of carbonyl (C=O) groups is 3. The Hall–Kier alpha value is -4.21. The van der Waals surface area contributed by atoms with Crippen LogP contribution in [0.4, 0.5) is 28.9 Å². The molecule has 0 saturated carbocycles. The van der Waals surface area contributed by atoms with E-state index in [0.29, 0.717) is 18.1 Å². The molecule has 0 heterocycles. The molecule has 3 aromatic rings. The Morgan fingerprint density at radius 2 is 1.60 bits per heavy atom. The standard InChI is InChI=1S/C25H20F4N2O4/c1-2-22(32)15-7-10-17(11-8-15)35-14-23(33)31-21-12-9-16(13-19(21)25(27,28)29)30-24(34)18-5-3-4-6-20(18)26/h3-13H,2,14H2,1H3,(H,30,34)(H,31,33). The van der Waals surface area contributed by atoms with Crippen LogP contribution in [0, 0.1) is 5.82 Å². The zero-order valence-electron chi connectivity index (χ0n) is 18.4. The van der Waals surface area contributed by atoms with Crippen LogP contribution in [0.5, 0.6) is 5.75 Å². The first-order chi connectivity index (χ1) is 16.6. The smallest absolute Gasteiger partial charge is 0.418 e. The number of carbonyl (C=O) groups excluding carboxylic acids is 3. The first-order valence-corrected chi connectivity index (χ1v) is 10.4. The number of ether oxygens (including phenoxy) is 1. The summed E-state index contributed by atoms with van der Waals surface area (Å²) in [5.41, 5.74) is -1.84. The molecule has 0 aliphatic heterocycles. The van der Waals surface area contributed by atoms with E-state index in [2.05, 4.69) is 10.6 Å². The monoisotopic (exact) mass is 488 g/mol. The zero-order valence-corrected chi connectivity index (χ0v) is 18.4. The van der Waals surface area contributed by atoms with E-state index in [0.717, 1.165) is 18.2 Å². The Morgan fingerprint density at radius 1 is 0.914 bits per heavy atom. The van der Waals surface area contributed by atoms with E-state index in [4.69, 9.17) is 4.74 Å². The molecule has 0 aliphatic rings. The second kappa shape index (κ2) is 10.8. The number of nitrogens with one attached hydrogen (secondary N) is 2. The number of benzene rings is 3. The van der Waals surface area contributed by atoms with Crippen molar-refractivity contribution in [3.8, 4) is 5.75 Å². The van der Waals surface area contributed by atoms with E-state index in [1.807, 2.05) is 0 Å². The third kappa shape index (κ3) is 6.66. The Morgan fingerprint density at radius 3 is 2.23 bits per heavy atom. The normalized spacial score (nSPS) is 11.0. The molecule has 0 fully saturated rings. The van der Waals surface area contributed by atoms with Crippen molar-refractivity contribution in [2.24, 2.45) is 0 Å². The molecule has 35 heavy (non-hydrogen) atoms. The Kier molecular flexibility index (Phi) is 7.85. The molecule has 0 unspecified atom stereocenters. The molecule has 2 N–H and O–H groups in total.